The van der Waals surface area contributed by atoms with Gasteiger partial charge < -0.3 is 4.98 Å². The van der Waals surface area contributed by atoms with Crippen LogP contribution >= 0.6 is 0 Å². The zero-order valence-electron chi connectivity index (χ0n) is 8.61. The van der Waals surface area contributed by atoms with Gasteiger partial charge in [0.1, 0.15) is 6.33 Å². The molecule has 2 aromatic heterocycles. The largest absolute Gasteiger partial charge is 0.362 e. The van der Waals surface area contributed by atoms with Crippen LogP contribution in [0.2, 0.25) is 0 Å². The topological polar surface area (TPSA) is 58.6 Å². The van der Waals surface area contributed by atoms with Crippen molar-refractivity contribution in [3.63, 3.8) is 0 Å². The molecule has 4 heteroatoms. The van der Waals surface area contributed by atoms with Gasteiger partial charge in [0.25, 0.3) is 0 Å². The fourth-order valence-electron chi connectivity index (χ4n) is 1.63. The smallest absolute Gasteiger partial charge is 0.190 e. The predicted molar refractivity (Wildman–Crippen MR) is 57.6 cm³/mol. The third-order valence-corrected chi connectivity index (χ3v) is 2.20. The Hall–Kier alpha value is -1.97. The predicted octanol–water partition coefficient (Wildman–Crippen LogP) is 1.45. The molecule has 0 spiro atoms. The van der Waals surface area contributed by atoms with Crippen molar-refractivity contribution in [2.75, 3.05) is 0 Å². The fourth-order valence-corrected chi connectivity index (χ4v) is 1.63. The summed E-state index contributed by atoms with van der Waals surface area (Å²) >= 11 is 0. The van der Waals surface area contributed by atoms with Crippen LogP contribution in [0.1, 0.15) is 11.4 Å². The van der Waals surface area contributed by atoms with Crippen molar-refractivity contribution in [2.45, 2.75) is 13.8 Å². The molecule has 0 aromatic carbocycles. The highest BCUT2D eigenvalue weighted by molar-refractivity contribution is 5.63. The number of aromatic amines is 1. The standard InChI is InChI=1S/C11H11N3O/c1-7-3-10(15)11(8(2)14-7)9-4-12-6-13-5-9/h3-6H,1-2H3,(H,14,15). The van der Waals surface area contributed by atoms with Crippen LogP contribution in [0.15, 0.2) is 29.6 Å². The molecule has 1 N–H and O–H groups in total. The van der Waals surface area contributed by atoms with Crippen molar-refractivity contribution in [3.05, 3.63) is 46.4 Å². The van der Waals surface area contributed by atoms with Crippen molar-refractivity contribution in [2.24, 2.45) is 0 Å². The summed E-state index contributed by atoms with van der Waals surface area (Å²) in [5, 5.41) is 0. The fraction of sp³-hybridized carbons (Fsp3) is 0.182. The Balaban J connectivity index is 2.69. The summed E-state index contributed by atoms with van der Waals surface area (Å²) in [4.78, 5) is 22.7. The lowest BCUT2D eigenvalue weighted by Gasteiger charge is -2.05. The quantitative estimate of drug-likeness (QED) is 0.759. The molecular formula is C11H11N3O. The maximum Gasteiger partial charge on any atom is 0.190 e. The minimum absolute atomic E-state index is 0.00134. The zero-order valence-corrected chi connectivity index (χ0v) is 8.61. The third kappa shape index (κ3) is 1.79. The van der Waals surface area contributed by atoms with E-state index < -0.39 is 0 Å². The zero-order chi connectivity index (χ0) is 10.8. The summed E-state index contributed by atoms with van der Waals surface area (Å²) < 4.78 is 0. The first-order valence-electron chi connectivity index (χ1n) is 4.64. The maximum atomic E-state index is 11.8. The van der Waals surface area contributed by atoms with E-state index in [1.54, 1.807) is 18.5 Å². The number of rotatable bonds is 1. The molecule has 0 amide bonds. The van der Waals surface area contributed by atoms with Crippen molar-refractivity contribution in [1.82, 2.24) is 15.0 Å². The molecule has 0 unspecified atom stereocenters. The Kier molecular flexibility index (Phi) is 2.33. The Morgan fingerprint density at radius 3 is 2.47 bits per heavy atom. The first-order chi connectivity index (χ1) is 7.18. The normalized spacial score (nSPS) is 10.3. The first-order valence-corrected chi connectivity index (χ1v) is 4.64. The summed E-state index contributed by atoms with van der Waals surface area (Å²) in [6.07, 6.45) is 4.72. The minimum Gasteiger partial charge on any atom is -0.362 e. The Bertz CT molecular complexity index is 531. The van der Waals surface area contributed by atoms with Gasteiger partial charge in [0.2, 0.25) is 0 Å². The van der Waals surface area contributed by atoms with Gasteiger partial charge in [-0.25, -0.2) is 9.97 Å². The van der Waals surface area contributed by atoms with Crippen molar-refractivity contribution in [3.8, 4) is 11.1 Å². The van der Waals surface area contributed by atoms with Crippen LogP contribution in [0, 0.1) is 13.8 Å². The number of pyridine rings is 1. The van der Waals surface area contributed by atoms with Crippen LogP contribution in [0.5, 0.6) is 0 Å². The number of hydrogen-bond acceptors (Lipinski definition) is 3. The second kappa shape index (κ2) is 3.65. The van der Waals surface area contributed by atoms with E-state index in [1.165, 1.54) is 6.33 Å². The molecular weight excluding hydrogens is 190 g/mol. The average molecular weight is 201 g/mol. The van der Waals surface area contributed by atoms with Crippen LogP contribution < -0.4 is 5.43 Å². The number of aryl methyl sites for hydroxylation is 2. The van der Waals surface area contributed by atoms with Crippen LogP contribution in [0.4, 0.5) is 0 Å². The summed E-state index contributed by atoms with van der Waals surface area (Å²) in [6, 6.07) is 1.58. The van der Waals surface area contributed by atoms with Gasteiger partial charge in [0.15, 0.2) is 5.43 Å². The van der Waals surface area contributed by atoms with E-state index in [-0.39, 0.29) is 5.43 Å². The summed E-state index contributed by atoms with van der Waals surface area (Å²) in [5.41, 5.74) is 3.09. The number of aromatic nitrogens is 3. The highest BCUT2D eigenvalue weighted by Crippen LogP contribution is 2.15. The minimum atomic E-state index is -0.00134. The Morgan fingerprint density at radius 1 is 1.20 bits per heavy atom. The molecule has 0 saturated carbocycles. The van der Waals surface area contributed by atoms with Gasteiger partial charge in [0.05, 0.1) is 5.56 Å². The number of nitrogens with zero attached hydrogens (tertiary/aromatic N) is 2. The van der Waals surface area contributed by atoms with E-state index in [4.69, 9.17) is 0 Å². The number of H-pyrrole nitrogens is 1. The Morgan fingerprint density at radius 2 is 1.87 bits per heavy atom. The van der Waals surface area contributed by atoms with Gasteiger partial charge in [0, 0.05) is 35.4 Å². The molecule has 0 radical (unpaired) electrons. The molecule has 0 bridgehead atoms. The van der Waals surface area contributed by atoms with Gasteiger partial charge in [-0.15, -0.1) is 0 Å². The number of hydrogen-bond donors (Lipinski definition) is 1. The number of nitrogens with one attached hydrogen (secondary N) is 1. The third-order valence-electron chi connectivity index (χ3n) is 2.20. The molecule has 0 aliphatic rings. The van der Waals surface area contributed by atoms with Gasteiger partial charge >= 0.3 is 0 Å². The van der Waals surface area contributed by atoms with E-state index in [9.17, 15) is 4.79 Å². The van der Waals surface area contributed by atoms with Gasteiger partial charge in [-0.1, -0.05) is 0 Å². The van der Waals surface area contributed by atoms with Crippen molar-refractivity contribution < 1.29 is 0 Å². The molecule has 76 valence electrons. The first kappa shape index (κ1) is 9.58. The molecule has 4 nitrogen and oxygen atoms in total. The van der Waals surface area contributed by atoms with E-state index in [0.29, 0.717) is 5.56 Å². The van der Waals surface area contributed by atoms with Crippen molar-refractivity contribution >= 4 is 0 Å². The second-order valence-electron chi connectivity index (χ2n) is 3.44. The summed E-state index contributed by atoms with van der Waals surface area (Å²) in [7, 11) is 0. The lowest BCUT2D eigenvalue weighted by molar-refractivity contribution is 1.10. The highest BCUT2D eigenvalue weighted by atomic mass is 16.1. The monoisotopic (exact) mass is 201 g/mol. The summed E-state index contributed by atoms with van der Waals surface area (Å²) in [6.45, 7) is 3.73. The van der Waals surface area contributed by atoms with Gasteiger partial charge in [-0.05, 0) is 13.8 Å². The Labute approximate surface area is 87.0 Å². The second-order valence-corrected chi connectivity index (χ2v) is 3.44. The molecule has 0 aliphatic carbocycles. The van der Waals surface area contributed by atoms with Crippen LogP contribution in [-0.4, -0.2) is 15.0 Å². The van der Waals surface area contributed by atoms with Crippen LogP contribution in [-0.2, 0) is 0 Å². The maximum absolute atomic E-state index is 11.8. The lowest BCUT2D eigenvalue weighted by Crippen LogP contribution is -2.08. The highest BCUT2D eigenvalue weighted by Gasteiger charge is 2.07. The van der Waals surface area contributed by atoms with Crippen molar-refractivity contribution in [1.29, 1.82) is 0 Å². The lowest BCUT2D eigenvalue weighted by atomic mass is 10.1. The van der Waals surface area contributed by atoms with E-state index in [2.05, 4.69) is 15.0 Å². The molecule has 0 saturated heterocycles. The average Bonchev–Trinajstić information content (AvgIpc) is 2.17. The molecule has 0 atom stereocenters. The SMILES string of the molecule is Cc1cc(=O)c(-c2cncnc2)c(C)[nH]1. The molecule has 15 heavy (non-hydrogen) atoms. The molecule has 2 aromatic rings. The molecule has 2 heterocycles. The molecule has 0 fully saturated rings. The molecule has 2 rings (SSSR count). The van der Waals surface area contributed by atoms with E-state index in [1.807, 2.05) is 13.8 Å². The molecule has 0 aliphatic heterocycles. The van der Waals surface area contributed by atoms with E-state index in [0.717, 1.165) is 17.0 Å². The van der Waals surface area contributed by atoms with Gasteiger partial charge in [-0.2, -0.15) is 0 Å². The van der Waals surface area contributed by atoms with Gasteiger partial charge in [-0.3, -0.25) is 4.79 Å². The van der Waals surface area contributed by atoms with Crippen LogP contribution in [0.3, 0.4) is 0 Å². The summed E-state index contributed by atoms with van der Waals surface area (Å²) in [5.74, 6) is 0. The van der Waals surface area contributed by atoms with E-state index >= 15 is 0 Å². The van der Waals surface area contributed by atoms with Crippen LogP contribution in [0.25, 0.3) is 11.1 Å².